The second-order valence-corrected chi connectivity index (χ2v) is 4.57. The maximum atomic E-state index is 10.5. The van der Waals surface area contributed by atoms with E-state index < -0.39 is 5.97 Å². The minimum Gasteiger partial charge on any atom is -0.481 e. The summed E-state index contributed by atoms with van der Waals surface area (Å²) >= 11 is 0. The number of allylic oxidation sites excluding steroid dienone is 2. The van der Waals surface area contributed by atoms with Crippen molar-refractivity contribution in [1.82, 2.24) is 0 Å². The van der Waals surface area contributed by atoms with E-state index in [1.807, 2.05) is 12.1 Å². The molecular weight excluding hydrogens is 212 g/mol. The Bertz CT molecular complexity index is 415. The monoisotopic (exact) mass is 230 g/mol. The Kier molecular flexibility index (Phi) is 3.97. The van der Waals surface area contributed by atoms with Gasteiger partial charge in [-0.05, 0) is 48.8 Å². The van der Waals surface area contributed by atoms with Crippen LogP contribution in [0.4, 0.5) is 0 Å². The molecule has 1 aliphatic rings. The maximum Gasteiger partial charge on any atom is 0.303 e. The van der Waals surface area contributed by atoms with E-state index in [-0.39, 0.29) is 6.42 Å². The van der Waals surface area contributed by atoms with Crippen LogP contribution in [0.15, 0.2) is 30.3 Å². The van der Waals surface area contributed by atoms with Gasteiger partial charge in [-0.25, -0.2) is 0 Å². The van der Waals surface area contributed by atoms with Gasteiger partial charge in [0.2, 0.25) is 0 Å². The molecule has 0 radical (unpaired) electrons. The van der Waals surface area contributed by atoms with Crippen molar-refractivity contribution in [2.45, 2.75) is 38.5 Å². The highest BCUT2D eigenvalue weighted by Crippen LogP contribution is 2.26. The largest absolute Gasteiger partial charge is 0.481 e. The molecule has 1 aliphatic carbocycles. The molecule has 0 heterocycles. The van der Waals surface area contributed by atoms with Gasteiger partial charge in [0.1, 0.15) is 0 Å². The number of carbonyl (C=O) groups is 1. The lowest BCUT2D eigenvalue weighted by atomic mass is 9.93. The van der Waals surface area contributed by atoms with Crippen LogP contribution >= 0.6 is 0 Å². The summed E-state index contributed by atoms with van der Waals surface area (Å²) in [5, 5.41) is 8.62. The van der Waals surface area contributed by atoms with Gasteiger partial charge in [-0.1, -0.05) is 30.3 Å². The third-order valence-corrected chi connectivity index (χ3v) is 3.24. The fourth-order valence-corrected chi connectivity index (χ4v) is 2.24. The van der Waals surface area contributed by atoms with Crippen LogP contribution in [-0.4, -0.2) is 11.1 Å². The molecule has 2 nitrogen and oxygen atoms in total. The Morgan fingerprint density at radius 3 is 2.53 bits per heavy atom. The van der Waals surface area contributed by atoms with Crippen molar-refractivity contribution in [2.75, 3.05) is 0 Å². The van der Waals surface area contributed by atoms with Gasteiger partial charge in [-0.2, -0.15) is 0 Å². The lowest BCUT2D eigenvalue weighted by molar-refractivity contribution is -0.136. The second-order valence-electron chi connectivity index (χ2n) is 4.57. The molecule has 0 amide bonds. The summed E-state index contributed by atoms with van der Waals surface area (Å²) in [5.74, 6) is -0.732. The molecule has 0 unspecified atom stereocenters. The van der Waals surface area contributed by atoms with Crippen LogP contribution in [0.2, 0.25) is 0 Å². The Balaban J connectivity index is 2.02. The summed E-state index contributed by atoms with van der Waals surface area (Å²) in [6.45, 7) is 0. The molecule has 1 aromatic carbocycles. The Hall–Kier alpha value is -1.57. The van der Waals surface area contributed by atoms with Gasteiger partial charge in [-0.15, -0.1) is 0 Å². The molecule has 17 heavy (non-hydrogen) atoms. The fraction of sp³-hybridized carbons (Fsp3) is 0.400. The van der Waals surface area contributed by atoms with Crippen molar-refractivity contribution in [3.63, 3.8) is 0 Å². The van der Waals surface area contributed by atoms with Crippen LogP contribution in [0.1, 0.15) is 43.2 Å². The molecule has 0 saturated carbocycles. The smallest absolute Gasteiger partial charge is 0.303 e. The first kappa shape index (κ1) is 11.9. The molecule has 0 bridgehead atoms. The van der Waals surface area contributed by atoms with E-state index in [4.69, 9.17) is 5.11 Å². The van der Waals surface area contributed by atoms with E-state index in [1.54, 1.807) is 0 Å². The number of rotatable bonds is 4. The average molecular weight is 230 g/mol. The Labute approximate surface area is 102 Å². The van der Waals surface area contributed by atoms with Gasteiger partial charge in [0.05, 0.1) is 0 Å². The number of hydrogen-bond acceptors (Lipinski definition) is 1. The van der Waals surface area contributed by atoms with E-state index in [1.165, 1.54) is 36.8 Å². The summed E-state index contributed by atoms with van der Waals surface area (Å²) in [7, 11) is 0. The van der Waals surface area contributed by atoms with Crippen LogP contribution in [0.25, 0.3) is 5.57 Å². The van der Waals surface area contributed by atoms with Gasteiger partial charge in [0.15, 0.2) is 0 Å². The highest BCUT2D eigenvalue weighted by atomic mass is 16.4. The highest BCUT2D eigenvalue weighted by molar-refractivity contribution is 5.68. The first-order chi connectivity index (χ1) is 8.25. The zero-order valence-electron chi connectivity index (χ0n) is 9.98. The number of hydrogen-bond donors (Lipinski definition) is 1. The van der Waals surface area contributed by atoms with Gasteiger partial charge < -0.3 is 5.11 Å². The number of benzene rings is 1. The van der Waals surface area contributed by atoms with E-state index in [2.05, 4.69) is 18.2 Å². The maximum absolute atomic E-state index is 10.5. The van der Waals surface area contributed by atoms with Crippen LogP contribution < -0.4 is 0 Å². The molecule has 2 rings (SSSR count). The minimum atomic E-state index is -0.732. The number of carboxylic acid groups (broad SMARTS) is 1. The molecule has 1 aromatic rings. The zero-order valence-corrected chi connectivity index (χ0v) is 9.98. The predicted molar refractivity (Wildman–Crippen MR) is 68.8 cm³/mol. The molecule has 0 spiro atoms. The quantitative estimate of drug-likeness (QED) is 0.857. The highest BCUT2D eigenvalue weighted by Gasteiger charge is 2.06. The fourth-order valence-electron chi connectivity index (χ4n) is 2.24. The Morgan fingerprint density at radius 2 is 1.94 bits per heavy atom. The molecule has 0 fully saturated rings. The van der Waals surface area contributed by atoms with Gasteiger partial charge >= 0.3 is 5.97 Å². The summed E-state index contributed by atoms with van der Waals surface area (Å²) in [6, 6.07) is 8.34. The minimum absolute atomic E-state index is 0.210. The van der Waals surface area contributed by atoms with Gasteiger partial charge in [0, 0.05) is 6.42 Å². The SMILES string of the molecule is O=C(O)CCc1ccc(C2=CCCCC2)cc1. The molecule has 90 valence electrons. The average Bonchev–Trinajstić information content (AvgIpc) is 2.38. The van der Waals surface area contributed by atoms with Crippen molar-refractivity contribution >= 4 is 11.5 Å². The molecule has 0 atom stereocenters. The topological polar surface area (TPSA) is 37.3 Å². The molecule has 1 N–H and O–H groups in total. The van der Waals surface area contributed by atoms with E-state index in [0.29, 0.717) is 6.42 Å². The first-order valence-electron chi connectivity index (χ1n) is 6.26. The first-order valence-corrected chi connectivity index (χ1v) is 6.26. The molecule has 0 saturated heterocycles. The van der Waals surface area contributed by atoms with Crippen molar-refractivity contribution < 1.29 is 9.90 Å². The van der Waals surface area contributed by atoms with Crippen LogP contribution in [0.5, 0.6) is 0 Å². The van der Waals surface area contributed by atoms with Crippen molar-refractivity contribution in [1.29, 1.82) is 0 Å². The van der Waals surface area contributed by atoms with Crippen LogP contribution in [0, 0.1) is 0 Å². The predicted octanol–water partition coefficient (Wildman–Crippen LogP) is 3.66. The molecule has 0 aromatic heterocycles. The summed E-state index contributed by atoms with van der Waals surface area (Å²) < 4.78 is 0. The van der Waals surface area contributed by atoms with E-state index in [0.717, 1.165) is 5.56 Å². The van der Waals surface area contributed by atoms with Crippen LogP contribution in [-0.2, 0) is 11.2 Å². The lowest BCUT2D eigenvalue weighted by Crippen LogP contribution is -1.97. The summed E-state index contributed by atoms with van der Waals surface area (Å²) in [6.07, 6.45) is 8.11. The normalized spacial score (nSPS) is 15.4. The molecule has 2 heteroatoms. The standard InChI is InChI=1S/C15H18O2/c16-15(17)11-8-12-6-9-14(10-7-12)13-4-2-1-3-5-13/h4,6-7,9-10H,1-3,5,8,11H2,(H,16,17). The van der Waals surface area contributed by atoms with E-state index in [9.17, 15) is 4.79 Å². The number of carboxylic acids is 1. The van der Waals surface area contributed by atoms with Crippen molar-refractivity contribution in [3.8, 4) is 0 Å². The number of aliphatic carboxylic acids is 1. The summed E-state index contributed by atoms with van der Waals surface area (Å²) in [4.78, 5) is 10.5. The lowest BCUT2D eigenvalue weighted by Gasteiger charge is -2.13. The zero-order chi connectivity index (χ0) is 12.1. The van der Waals surface area contributed by atoms with E-state index >= 15 is 0 Å². The number of aryl methyl sites for hydroxylation is 1. The third kappa shape index (κ3) is 3.45. The Morgan fingerprint density at radius 1 is 1.18 bits per heavy atom. The molecular formula is C15H18O2. The van der Waals surface area contributed by atoms with Crippen LogP contribution in [0.3, 0.4) is 0 Å². The molecule has 0 aliphatic heterocycles. The summed E-state index contributed by atoms with van der Waals surface area (Å²) in [5.41, 5.74) is 3.84. The third-order valence-electron chi connectivity index (χ3n) is 3.24. The van der Waals surface area contributed by atoms with Crippen molar-refractivity contribution in [2.24, 2.45) is 0 Å². The van der Waals surface area contributed by atoms with Crippen molar-refractivity contribution in [3.05, 3.63) is 41.5 Å². The van der Waals surface area contributed by atoms with Gasteiger partial charge in [-0.3, -0.25) is 4.79 Å². The van der Waals surface area contributed by atoms with Gasteiger partial charge in [0.25, 0.3) is 0 Å². The second kappa shape index (κ2) is 5.67.